The molecule has 0 aromatic carbocycles. The van der Waals surface area contributed by atoms with Crippen molar-refractivity contribution in [2.75, 3.05) is 0 Å². The van der Waals surface area contributed by atoms with Crippen LogP contribution in [0.15, 0.2) is 28.3 Å². The number of halogens is 1. The standard InChI is InChI=1S/C11H13BrN2S/c1-8(2)11-13-3-4-14(11)6-10-5-9(12)7-15-10/h3-5,7-8H,6H2,1-2H3. The largest absolute Gasteiger partial charge is 0.329 e. The Morgan fingerprint density at radius 2 is 2.33 bits per heavy atom. The van der Waals surface area contributed by atoms with E-state index in [0.717, 1.165) is 16.8 Å². The summed E-state index contributed by atoms with van der Waals surface area (Å²) in [7, 11) is 0. The molecule has 0 unspecified atom stereocenters. The van der Waals surface area contributed by atoms with Gasteiger partial charge in [-0.2, -0.15) is 0 Å². The van der Waals surface area contributed by atoms with Crippen LogP contribution in [0.1, 0.15) is 30.5 Å². The Morgan fingerprint density at radius 3 is 2.93 bits per heavy atom. The highest BCUT2D eigenvalue weighted by Gasteiger charge is 2.08. The molecule has 2 nitrogen and oxygen atoms in total. The van der Waals surface area contributed by atoms with Crippen LogP contribution < -0.4 is 0 Å². The van der Waals surface area contributed by atoms with Gasteiger partial charge in [0.15, 0.2) is 0 Å². The predicted molar refractivity (Wildman–Crippen MR) is 67.4 cm³/mol. The predicted octanol–water partition coefficient (Wildman–Crippen LogP) is 3.88. The molecule has 15 heavy (non-hydrogen) atoms. The molecule has 2 rings (SSSR count). The summed E-state index contributed by atoms with van der Waals surface area (Å²) in [4.78, 5) is 5.72. The van der Waals surface area contributed by atoms with Gasteiger partial charge in [0, 0.05) is 33.0 Å². The van der Waals surface area contributed by atoms with Gasteiger partial charge in [-0.3, -0.25) is 0 Å². The fourth-order valence-corrected chi connectivity index (χ4v) is 3.01. The van der Waals surface area contributed by atoms with Crippen molar-refractivity contribution < 1.29 is 0 Å². The van der Waals surface area contributed by atoms with Gasteiger partial charge in [-0.25, -0.2) is 4.98 Å². The van der Waals surface area contributed by atoms with Crippen LogP contribution in [0, 0.1) is 0 Å². The second-order valence-electron chi connectivity index (χ2n) is 3.80. The van der Waals surface area contributed by atoms with Gasteiger partial charge in [-0.05, 0) is 22.0 Å². The molecule has 0 aliphatic heterocycles. The van der Waals surface area contributed by atoms with Crippen LogP contribution in [0.4, 0.5) is 0 Å². The molecule has 0 radical (unpaired) electrons. The first-order valence-electron chi connectivity index (χ1n) is 4.90. The molecule has 0 saturated heterocycles. The molecule has 0 spiro atoms. The van der Waals surface area contributed by atoms with E-state index in [9.17, 15) is 0 Å². The number of imidazole rings is 1. The van der Waals surface area contributed by atoms with Gasteiger partial charge in [0.2, 0.25) is 0 Å². The van der Waals surface area contributed by atoms with Gasteiger partial charge >= 0.3 is 0 Å². The summed E-state index contributed by atoms with van der Waals surface area (Å²) in [6.07, 6.45) is 3.92. The smallest absolute Gasteiger partial charge is 0.111 e. The van der Waals surface area contributed by atoms with E-state index < -0.39 is 0 Å². The van der Waals surface area contributed by atoms with Crippen molar-refractivity contribution in [3.63, 3.8) is 0 Å². The molecule has 80 valence electrons. The maximum Gasteiger partial charge on any atom is 0.111 e. The molecule has 2 heterocycles. The van der Waals surface area contributed by atoms with Crippen molar-refractivity contribution in [1.29, 1.82) is 0 Å². The van der Waals surface area contributed by atoms with E-state index in [1.165, 1.54) is 4.88 Å². The van der Waals surface area contributed by atoms with Crippen LogP contribution in [0.3, 0.4) is 0 Å². The molecule has 0 aliphatic carbocycles. The minimum atomic E-state index is 0.475. The molecule has 4 heteroatoms. The highest BCUT2D eigenvalue weighted by Crippen LogP contribution is 2.22. The van der Waals surface area contributed by atoms with E-state index in [-0.39, 0.29) is 0 Å². The lowest BCUT2D eigenvalue weighted by molar-refractivity contribution is 0.674. The summed E-state index contributed by atoms with van der Waals surface area (Å²) < 4.78 is 3.37. The molecule has 2 aromatic heterocycles. The molecule has 0 saturated carbocycles. The lowest BCUT2D eigenvalue weighted by Gasteiger charge is -2.08. The number of rotatable bonds is 3. The second-order valence-corrected chi connectivity index (χ2v) is 5.71. The lowest BCUT2D eigenvalue weighted by atomic mass is 10.2. The number of thiophene rings is 1. The Hall–Kier alpha value is -0.610. The molecular formula is C11H13BrN2S. The van der Waals surface area contributed by atoms with E-state index in [1.807, 2.05) is 12.4 Å². The normalized spacial score (nSPS) is 11.2. The summed E-state index contributed by atoms with van der Waals surface area (Å²) in [5.74, 6) is 1.63. The molecule has 0 amide bonds. The quantitative estimate of drug-likeness (QED) is 0.836. The third-order valence-electron chi connectivity index (χ3n) is 2.21. The fraction of sp³-hybridized carbons (Fsp3) is 0.364. The minimum Gasteiger partial charge on any atom is -0.329 e. The molecule has 2 aromatic rings. The number of nitrogens with zero attached hydrogens (tertiary/aromatic N) is 2. The van der Waals surface area contributed by atoms with Crippen molar-refractivity contribution in [3.05, 3.63) is 39.0 Å². The molecule has 0 bridgehead atoms. The van der Waals surface area contributed by atoms with Gasteiger partial charge in [-0.1, -0.05) is 13.8 Å². The van der Waals surface area contributed by atoms with Crippen molar-refractivity contribution in [2.24, 2.45) is 0 Å². The zero-order valence-corrected chi connectivity index (χ0v) is 11.2. The average Bonchev–Trinajstić information content (AvgIpc) is 2.75. The summed E-state index contributed by atoms with van der Waals surface area (Å²) >= 11 is 5.24. The highest BCUT2D eigenvalue weighted by atomic mass is 79.9. The topological polar surface area (TPSA) is 17.8 Å². The summed E-state index contributed by atoms with van der Waals surface area (Å²) in [6, 6.07) is 2.16. The number of aromatic nitrogens is 2. The number of hydrogen-bond acceptors (Lipinski definition) is 2. The fourth-order valence-electron chi connectivity index (χ4n) is 1.56. The molecule has 0 fully saturated rings. The first-order chi connectivity index (χ1) is 7.16. The maximum atomic E-state index is 4.37. The van der Waals surface area contributed by atoms with Gasteiger partial charge in [0.25, 0.3) is 0 Å². The van der Waals surface area contributed by atoms with E-state index in [4.69, 9.17) is 0 Å². The second kappa shape index (κ2) is 4.49. The van der Waals surface area contributed by atoms with E-state index in [1.54, 1.807) is 11.3 Å². The van der Waals surface area contributed by atoms with Crippen LogP contribution in [0.25, 0.3) is 0 Å². The Bertz CT molecular complexity index is 445. The molecular weight excluding hydrogens is 272 g/mol. The average molecular weight is 285 g/mol. The molecule has 0 atom stereocenters. The van der Waals surface area contributed by atoms with Gasteiger partial charge in [-0.15, -0.1) is 11.3 Å². The Balaban J connectivity index is 2.20. The van der Waals surface area contributed by atoms with E-state index in [2.05, 4.69) is 50.8 Å². The van der Waals surface area contributed by atoms with Gasteiger partial charge < -0.3 is 4.57 Å². The van der Waals surface area contributed by atoms with Crippen molar-refractivity contribution in [3.8, 4) is 0 Å². The van der Waals surface area contributed by atoms with E-state index >= 15 is 0 Å². The third kappa shape index (κ3) is 2.49. The Morgan fingerprint density at radius 1 is 1.53 bits per heavy atom. The Kier molecular flexibility index (Phi) is 3.26. The zero-order chi connectivity index (χ0) is 10.8. The van der Waals surface area contributed by atoms with Crippen LogP contribution in [-0.4, -0.2) is 9.55 Å². The Labute approximate surface area is 102 Å². The monoisotopic (exact) mass is 284 g/mol. The van der Waals surface area contributed by atoms with E-state index in [0.29, 0.717) is 5.92 Å². The first-order valence-corrected chi connectivity index (χ1v) is 6.58. The summed E-state index contributed by atoms with van der Waals surface area (Å²) in [5.41, 5.74) is 0. The van der Waals surface area contributed by atoms with Crippen LogP contribution >= 0.6 is 27.3 Å². The third-order valence-corrected chi connectivity index (χ3v) is 3.89. The van der Waals surface area contributed by atoms with Gasteiger partial charge in [0.05, 0.1) is 6.54 Å². The first kappa shape index (κ1) is 10.9. The van der Waals surface area contributed by atoms with Crippen molar-refractivity contribution in [1.82, 2.24) is 9.55 Å². The lowest BCUT2D eigenvalue weighted by Crippen LogP contribution is -2.04. The summed E-state index contributed by atoms with van der Waals surface area (Å²) in [5, 5.41) is 2.11. The van der Waals surface area contributed by atoms with Gasteiger partial charge in [0.1, 0.15) is 5.82 Å². The van der Waals surface area contributed by atoms with Crippen molar-refractivity contribution in [2.45, 2.75) is 26.3 Å². The summed E-state index contributed by atoms with van der Waals surface area (Å²) in [6.45, 7) is 5.26. The number of hydrogen-bond donors (Lipinski definition) is 0. The van der Waals surface area contributed by atoms with Crippen LogP contribution in [-0.2, 0) is 6.54 Å². The molecule has 0 N–H and O–H groups in total. The molecule has 0 aliphatic rings. The highest BCUT2D eigenvalue weighted by molar-refractivity contribution is 9.10. The minimum absolute atomic E-state index is 0.475. The maximum absolute atomic E-state index is 4.37. The van der Waals surface area contributed by atoms with Crippen LogP contribution in [0.2, 0.25) is 0 Å². The van der Waals surface area contributed by atoms with Crippen LogP contribution in [0.5, 0.6) is 0 Å². The van der Waals surface area contributed by atoms with Crippen molar-refractivity contribution >= 4 is 27.3 Å². The zero-order valence-electron chi connectivity index (χ0n) is 8.77. The SMILES string of the molecule is CC(C)c1nccn1Cc1cc(Br)cs1.